The number of benzene rings is 1. The van der Waals surface area contributed by atoms with Crippen LogP contribution in [-0.4, -0.2) is 44.6 Å². The number of likely N-dealkylation sites (tertiary alicyclic amines) is 1. The normalized spacial score (nSPS) is 14.5. The van der Waals surface area contributed by atoms with Gasteiger partial charge in [-0.2, -0.15) is 5.10 Å². The fourth-order valence-electron chi connectivity index (χ4n) is 4.21. The fourth-order valence-corrected chi connectivity index (χ4v) is 5.57. The van der Waals surface area contributed by atoms with Crippen molar-refractivity contribution in [3.8, 4) is 5.69 Å². The van der Waals surface area contributed by atoms with E-state index in [0.29, 0.717) is 41.6 Å². The summed E-state index contributed by atoms with van der Waals surface area (Å²) in [5, 5.41) is 9.08. The van der Waals surface area contributed by atoms with Gasteiger partial charge >= 0.3 is 0 Å². The van der Waals surface area contributed by atoms with Gasteiger partial charge in [0.05, 0.1) is 21.3 Å². The number of thiophene rings is 1. The molecule has 174 valence electrons. The molecular weight excluding hydrogens is 470 g/mol. The number of anilines is 1. The van der Waals surface area contributed by atoms with Gasteiger partial charge in [0.2, 0.25) is 5.91 Å². The summed E-state index contributed by atoms with van der Waals surface area (Å²) in [4.78, 5) is 33.6. The average Bonchev–Trinajstić information content (AvgIpc) is 3.41. The molecule has 0 aliphatic carbocycles. The molecule has 1 aliphatic heterocycles. The van der Waals surface area contributed by atoms with Crippen LogP contribution in [-0.2, 0) is 4.79 Å². The predicted molar refractivity (Wildman–Crippen MR) is 135 cm³/mol. The predicted octanol–water partition coefficient (Wildman–Crippen LogP) is 5.24. The van der Waals surface area contributed by atoms with Gasteiger partial charge in [-0.15, -0.1) is 11.3 Å². The summed E-state index contributed by atoms with van der Waals surface area (Å²) in [5.74, 6) is 0.374. The van der Waals surface area contributed by atoms with Crippen molar-refractivity contribution in [3.63, 3.8) is 0 Å². The van der Waals surface area contributed by atoms with Gasteiger partial charge in [0.15, 0.2) is 0 Å². The highest BCUT2D eigenvalue weighted by Crippen LogP contribution is 2.33. The molecule has 0 saturated carbocycles. The van der Waals surface area contributed by atoms with E-state index in [2.05, 4.69) is 15.4 Å². The number of halogens is 1. The number of pyridine rings is 1. The Morgan fingerprint density at radius 1 is 1.12 bits per heavy atom. The van der Waals surface area contributed by atoms with Crippen molar-refractivity contribution >= 4 is 50.8 Å². The maximum atomic E-state index is 13.3. The number of hydrogen-bond donors (Lipinski definition) is 1. The Bertz CT molecular complexity index is 1370. The van der Waals surface area contributed by atoms with Crippen LogP contribution in [0.3, 0.4) is 0 Å². The van der Waals surface area contributed by atoms with Crippen molar-refractivity contribution in [2.24, 2.45) is 5.92 Å². The molecule has 0 atom stereocenters. The van der Waals surface area contributed by atoms with Crippen molar-refractivity contribution in [1.82, 2.24) is 19.7 Å². The number of hydrogen-bond acceptors (Lipinski definition) is 5. The number of amides is 2. The van der Waals surface area contributed by atoms with E-state index in [1.807, 2.05) is 59.8 Å². The molecule has 0 radical (unpaired) electrons. The highest BCUT2D eigenvalue weighted by atomic mass is 35.5. The summed E-state index contributed by atoms with van der Waals surface area (Å²) >= 11 is 7.81. The molecule has 4 heterocycles. The van der Waals surface area contributed by atoms with E-state index >= 15 is 0 Å². The zero-order valence-electron chi connectivity index (χ0n) is 18.9. The van der Waals surface area contributed by atoms with Crippen LogP contribution in [0.1, 0.15) is 33.8 Å². The van der Waals surface area contributed by atoms with Crippen LogP contribution in [0.4, 0.5) is 5.82 Å². The van der Waals surface area contributed by atoms with E-state index in [-0.39, 0.29) is 17.7 Å². The maximum absolute atomic E-state index is 13.3. The second-order valence-corrected chi connectivity index (χ2v) is 9.99. The molecule has 0 unspecified atom stereocenters. The first-order valence-electron chi connectivity index (χ1n) is 11.2. The molecule has 3 aromatic heterocycles. The summed E-state index contributed by atoms with van der Waals surface area (Å²) in [6, 6.07) is 13.2. The van der Waals surface area contributed by atoms with E-state index < -0.39 is 0 Å². The summed E-state index contributed by atoms with van der Waals surface area (Å²) in [5.41, 5.74) is 2.68. The smallest absolute Gasteiger partial charge is 0.264 e. The first-order chi connectivity index (χ1) is 16.4. The van der Waals surface area contributed by atoms with Gasteiger partial charge in [-0.1, -0.05) is 29.8 Å². The molecule has 0 bridgehead atoms. The average molecular weight is 494 g/mol. The monoisotopic (exact) mass is 493 g/mol. The Balaban J connectivity index is 1.28. The first kappa shape index (κ1) is 22.6. The third kappa shape index (κ3) is 4.31. The number of nitrogens with zero attached hydrogens (tertiary/aromatic N) is 4. The lowest BCUT2D eigenvalue weighted by atomic mass is 9.95. The van der Waals surface area contributed by atoms with Crippen molar-refractivity contribution in [2.75, 3.05) is 18.4 Å². The molecule has 9 heteroatoms. The quantitative estimate of drug-likeness (QED) is 0.421. The molecule has 1 fully saturated rings. The minimum Gasteiger partial charge on any atom is -0.338 e. The van der Waals surface area contributed by atoms with E-state index in [0.717, 1.165) is 27.2 Å². The molecule has 5 rings (SSSR count). The standard InChI is InChI=1S/C25H24ClN5O2S/c1-15-7-8-22(27-14-15)28-23(32)17-9-11-30(12-10-17)24(33)21-13-18-16(2)29-31(25(18)34-21)20-6-4-3-5-19(20)26/h3-8,13-14,17H,9-12H2,1-2H3,(H,27,28,32). The van der Waals surface area contributed by atoms with Crippen LogP contribution < -0.4 is 5.32 Å². The Morgan fingerprint density at radius 2 is 1.88 bits per heavy atom. The lowest BCUT2D eigenvalue weighted by Crippen LogP contribution is -2.41. The Morgan fingerprint density at radius 3 is 2.59 bits per heavy atom. The number of carbonyl (C=O) groups is 2. The van der Waals surface area contributed by atoms with Crippen molar-refractivity contribution in [1.29, 1.82) is 0 Å². The van der Waals surface area contributed by atoms with Gasteiger partial charge < -0.3 is 10.2 Å². The summed E-state index contributed by atoms with van der Waals surface area (Å²) in [7, 11) is 0. The lowest BCUT2D eigenvalue weighted by Gasteiger charge is -2.31. The second-order valence-electron chi connectivity index (χ2n) is 8.55. The highest BCUT2D eigenvalue weighted by Gasteiger charge is 2.29. The number of nitrogens with one attached hydrogen (secondary N) is 1. The van der Waals surface area contributed by atoms with Gasteiger partial charge in [0, 0.05) is 30.6 Å². The van der Waals surface area contributed by atoms with Gasteiger partial charge in [-0.3, -0.25) is 9.59 Å². The van der Waals surface area contributed by atoms with E-state index in [9.17, 15) is 9.59 Å². The number of carbonyl (C=O) groups excluding carboxylic acids is 2. The minimum atomic E-state index is -0.134. The minimum absolute atomic E-state index is 0.00892. The molecular formula is C25H24ClN5O2S. The molecule has 2 amide bonds. The summed E-state index contributed by atoms with van der Waals surface area (Å²) in [6.07, 6.45) is 2.98. The van der Waals surface area contributed by atoms with Crippen molar-refractivity contribution < 1.29 is 9.59 Å². The third-order valence-electron chi connectivity index (χ3n) is 6.15. The fraction of sp³-hybridized carbons (Fsp3) is 0.280. The van der Waals surface area contributed by atoms with E-state index in [1.165, 1.54) is 11.3 Å². The molecule has 1 saturated heterocycles. The molecule has 1 aromatic carbocycles. The molecule has 4 aromatic rings. The largest absolute Gasteiger partial charge is 0.338 e. The number of piperidine rings is 1. The van der Waals surface area contributed by atoms with Crippen LogP contribution in [0.2, 0.25) is 5.02 Å². The molecule has 1 N–H and O–H groups in total. The third-order valence-corrected chi connectivity index (χ3v) is 7.57. The molecule has 34 heavy (non-hydrogen) atoms. The zero-order valence-corrected chi connectivity index (χ0v) is 20.5. The Kier molecular flexibility index (Phi) is 6.10. The van der Waals surface area contributed by atoms with Crippen LogP contribution in [0.15, 0.2) is 48.7 Å². The van der Waals surface area contributed by atoms with Crippen LogP contribution in [0.5, 0.6) is 0 Å². The van der Waals surface area contributed by atoms with Crippen molar-refractivity contribution in [2.45, 2.75) is 26.7 Å². The number of aryl methyl sites for hydroxylation is 2. The molecule has 0 spiro atoms. The Labute approximate surface area is 206 Å². The molecule has 7 nitrogen and oxygen atoms in total. The molecule has 1 aliphatic rings. The SMILES string of the molecule is Cc1ccc(NC(=O)C2CCN(C(=O)c3cc4c(C)nn(-c5ccccc5Cl)c4s3)CC2)nc1. The van der Waals surface area contributed by atoms with Gasteiger partial charge in [-0.25, -0.2) is 9.67 Å². The van der Waals surface area contributed by atoms with Gasteiger partial charge in [0.1, 0.15) is 10.6 Å². The zero-order chi connectivity index (χ0) is 23.8. The summed E-state index contributed by atoms with van der Waals surface area (Å²) < 4.78 is 1.81. The van der Waals surface area contributed by atoms with Gasteiger partial charge in [0.25, 0.3) is 5.91 Å². The topological polar surface area (TPSA) is 80.1 Å². The van der Waals surface area contributed by atoms with Crippen LogP contribution in [0, 0.1) is 19.8 Å². The van der Waals surface area contributed by atoms with E-state index in [4.69, 9.17) is 11.6 Å². The second kappa shape index (κ2) is 9.19. The highest BCUT2D eigenvalue weighted by molar-refractivity contribution is 7.20. The number of fused-ring (bicyclic) bond motifs is 1. The summed E-state index contributed by atoms with van der Waals surface area (Å²) in [6.45, 7) is 4.98. The Hall–Kier alpha value is -3.23. The van der Waals surface area contributed by atoms with Crippen LogP contribution >= 0.6 is 22.9 Å². The number of para-hydroxylation sites is 1. The van der Waals surface area contributed by atoms with E-state index in [1.54, 1.807) is 12.3 Å². The maximum Gasteiger partial charge on any atom is 0.264 e. The lowest BCUT2D eigenvalue weighted by molar-refractivity contribution is -0.121. The van der Waals surface area contributed by atoms with Crippen molar-refractivity contribution in [3.05, 3.63) is 69.8 Å². The van der Waals surface area contributed by atoms with Gasteiger partial charge in [-0.05, 0) is 56.5 Å². The number of aromatic nitrogens is 3. The number of rotatable bonds is 4. The first-order valence-corrected chi connectivity index (χ1v) is 12.4. The van der Waals surface area contributed by atoms with Crippen LogP contribution in [0.25, 0.3) is 15.9 Å².